The number of rotatable bonds is 10. The lowest BCUT2D eigenvalue weighted by atomic mass is 9.98. The van der Waals surface area contributed by atoms with E-state index in [0.29, 0.717) is 6.42 Å². The largest absolute Gasteiger partial charge is 0.460 e. The maximum atomic E-state index is 12.7. The van der Waals surface area contributed by atoms with Crippen molar-refractivity contribution in [2.75, 3.05) is 0 Å². The highest BCUT2D eigenvalue weighted by Crippen LogP contribution is 2.29. The quantitative estimate of drug-likeness (QED) is 0.428. The molecule has 2 aromatic carbocycles. The molecule has 29 heavy (non-hydrogen) atoms. The first kappa shape index (κ1) is 23.2. The van der Waals surface area contributed by atoms with Gasteiger partial charge < -0.3 is 4.74 Å². The van der Waals surface area contributed by atoms with Gasteiger partial charge in [0.15, 0.2) is 0 Å². The Balaban J connectivity index is 2.30. The summed E-state index contributed by atoms with van der Waals surface area (Å²) in [6.45, 7) is 11.0. The van der Waals surface area contributed by atoms with Crippen LogP contribution in [0.3, 0.4) is 0 Å². The van der Waals surface area contributed by atoms with Crippen molar-refractivity contribution < 1.29 is 9.53 Å². The van der Waals surface area contributed by atoms with E-state index in [1.807, 2.05) is 32.9 Å². The minimum Gasteiger partial charge on any atom is -0.460 e. The van der Waals surface area contributed by atoms with E-state index in [-0.39, 0.29) is 18.1 Å². The third kappa shape index (κ3) is 8.02. The zero-order valence-corrected chi connectivity index (χ0v) is 18.7. The third-order valence-electron chi connectivity index (χ3n) is 5.17. The van der Waals surface area contributed by atoms with Crippen LogP contribution in [0.5, 0.6) is 0 Å². The van der Waals surface area contributed by atoms with Gasteiger partial charge in [-0.25, -0.2) is 0 Å². The molecule has 0 fully saturated rings. The fourth-order valence-corrected chi connectivity index (χ4v) is 3.70. The molecule has 0 aliphatic rings. The van der Waals surface area contributed by atoms with Crippen molar-refractivity contribution in [1.82, 2.24) is 4.90 Å². The van der Waals surface area contributed by atoms with Gasteiger partial charge in [0, 0.05) is 18.6 Å². The van der Waals surface area contributed by atoms with Crippen LogP contribution in [0.15, 0.2) is 60.7 Å². The van der Waals surface area contributed by atoms with Gasteiger partial charge in [-0.2, -0.15) is 0 Å². The monoisotopic (exact) mass is 395 g/mol. The number of unbranched alkanes of at least 4 members (excludes halogenated alkanes) is 1. The molecule has 0 radical (unpaired) electrons. The first-order valence-corrected chi connectivity index (χ1v) is 10.9. The summed E-state index contributed by atoms with van der Waals surface area (Å²) in [5.41, 5.74) is 2.08. The average molecular weight is 396 g/mol. The van der Waals surface area contributed by atoms with Crippen LogP contribution < -0.4 is 0 Å². The molecule has 1 unspecified atom stereocenters. The lowest BCUT2D eigenvalue weighted by Gasteiger charge is -2.37. The van der Waals surface area contributed by atoms with Crippen molar-refractivity contribution in [2.24, 2.45) is 0 Å². The van der Waals surface area contributed by atoms with Crippen LogP contribution in [0, 0.1) is 0 Å². The van der Waals surface area contributed by atoms with E-state index in [0.717, 1.165) is 25.8 Å². The molecule has 3 nitrogen and oxygen atoms in total. The summed E-state index contributed by atoms with van der Waals surface area (Å²) in [4.78, 5) is 15.2. The zero-order chi connectivity index (χ0) is 21.3. The molecule has 0 spiro atoms. The van der Waals surface area contributed by atoms with Gasteiger partial charge in [-0.1, -0.05) is 80.4 Å². The number of benzene rings is 2. The fraction of sp³-hybridized carbons (Fsp3) is 0.500. The molecule has 0 aromatic heterocycles. The van der Waals surface area contributed by atoms with Crippen LogP contribution in [0.25, 0.3) is 0 Å². The van der Waals surface area contributed by atoms with Crippen molar-refractivity contribution in [2.45, 2.75) is 84.5 Å². The molecule has 158 valence electrons. The molecule has 0 saturated heterocycles. The molecule has 2 rings (SSSR count). The summed E-state index contributed by atoms with van der Waals surface area (Å²) < 4.78 is 5.67. The molecule has 0 heterocycles. The van der Waals surface area contributed by atoms with Crippen molar-refractivity contribution >= 4 is 5.97 Å². The maximum absolute atomic E-state index is 12.7. The Kier molecular flexibility index (Phi) is 8.91. The molecule has 0 saturated carbocycles. The predicted molar refractivity (Wildman–Crippen MR) is 121 cm³/mol. The number of hydrogen-bond acceptors (Lipinski definition) is 3. The number of hydrogen-bond donors (Lipinski definition) is 0. The number of nitrogens with zero attached hydrogens (tertiary/aromatic N) is 1. The minimum atomic E-state index is -0.457. The summed E-state index contributed by atoms with van der Waals surface area (Å²) in [5.74, 6) is -0.114. The smallest absolute Gasteiger partial charge is 0.307 e. The van der Waals surface area contributed by atoms with Gasteiger partial charge in [0.2, 0.25) is 0 Å². The molecular formula is C26H37NO2. The second-order valence-electron chi connectivity index (χ2n) is 8.83. The van der Waals surface area contributed by atoms with E-state index in [1.54, 1.807) is 0 Å². The van der Waals surface area contributed by atoms with Gasteiger partial charge in [-0.3, -0.25) is 9.69 Å². The summed E-state index contributed by atoms with van der Waals surface area (Å²) >= 11 is 0. The highest BCUT2D eigenvalue weighted by Gasteiger charge is 2.28. The van der Waals surface area contributed by atoms with Crippen LogP contribution in [0.2, 0.25) is 0 Å². The second-order valence-corrected chi connectivity index (χ2v) is 8.83. The maximum Gasteiger partial charge on any atom is 0.307 e. The van der Waals surface area contributed by atoms with E-state index in [2.05, 4.69) is 67.3 Å². The Hall–Kier alpha value is -2.13. The SMILES string of the molecule is CCCCC(CC(=O)OC(C)(C)C)N(Cc1ccccc1)[C@@H](C)c1ccccc1. The fourth-order valence-electron chi connectivity index (χ4n) is 3.70. The highest BCUT2D eigenvalue weighted by molar-refractivity contribution is 5.70. The van der Waals surface area contributed by atoms with Crippen LogP contribution in [-0.2, 0) is 16.1 Å². The second kappa shape index (κ2) is 11.2. The number of esters is 1. The Bertz CT molecular complexity index is 721. The van der Waals surface area contributed by atoms with Gasteiger partial charge in [-0.15, -0.1) is 0 Å². The van der Waals surface area contributed by atoms with E-state index < -0.39 is 5.60 Å². The average Bonchev–Trinajstić information content (AvgIpc) is 2.69. The summed E-state index contributed by atoms with van der Waals surface area (Å²) in [7, 11) is 0. The highest BCUT2D eigenvalue weighted by atomic mass is 16.6. The Morgan fingerprint density at radius 1 is 1.00 bits per heavy atom. The molecule has 0 aliphatic carbocycles. The van der Waals surface area contributed by atoms with E-state index >= 15 is 0 Å². The van der Waals surface area contributed by atoms with Gasteiger partial charge in [0.05, 0.1) is 6.42 Å². The first-order chi connectivity index (χ1) is 13.8. The number of carbonyl (C=O) groups is 1. The van der Waals surface area contributed by atoms with Gasteiger partial charge >= 0.3 is 5.97 Å². The molecule has 0 aliphatic heterocycles. The van der Waals surface area contributed by atoms with E-state index in [9.17, 15) is 4.79 Å². The molecule has 0 amide bonds. The summed E-state index contributed by atoms with van der Waals surface area (Å²) in [5, 5.41) is 0. The molecule has 0 bridgehead atoms. The molecule has 0 N–H and O–H groups in total. The number of ether oxygens (including phenoxy) is 1. The van der Waals surface area contributed by atoms with Crippen molar-refractivity contribution in [1.29, 1.82) is 0 Å². The topological polar surface area (TPSA) is 29.5 Å². The van der Waals surface area contributed by atoms with Crippen LogP contribution >= 0.6 is 0 Å². The van der Waals surface area contributed by atoms with E-state index in [4.69, 9.17) is 4.74 Å². The molecule has 2 aromatic rings. The summed E-state index contributed by atoms with van der Waals surface area (Å²) in [6.07, 6.45) is 3.62. The predicted octanol–water partition coefficient (Wildman–Crippen LogP) is 6.54. The third-order valence-corrected chi connectivity index (χ3v) is 5.17. The lowest BCUT2D eigenvalue weighted by molar-refractivity contribution is -0.156. The Labute approximate surface area is 177 Å². The van der Waals surface area contributed by atoms with E-state index in [1.165, 1.54) is 11.1 Å². The van der Waals surface area contributed by atoms with Crippen molar-refractivity contribution in [3.8, 4) is 0 Å². The minimum absolute atomic E-state index is 0.114. The van der Waals surface area contributed by atoms with Crippen LogP contribution in [0.4, 0.5) is 0 Å². The molecule has 2 atom stereocenters. The summed E-state index contributed by atoms with van der Waals surface area (Å²) in [6, 6.07) is 21.4. The first-order valence-electron chi connectivity index (χ1n) is 10.9. The molecule has 3 heteroatoms. The molecular weight excluding hydrogens is 358 g/mol. The standard InChI is InChI=1S/C26H37NO2/c1-6-7-18-24(19-25(28)29-26(3,4)5)27(20-22-14-10-8-11-15-22)21(2)23-16-12-9-13-17-23/h8-17,21,24H,6-7,18-20H2,1-5H3/t21-,24?/m0/s1. The van der Waals surface area contributed by atoms with Crippen molar-refractivity contribution in [3.63, 3.8) is 0 Å². The van der Waals surface area contributed by atoms with Crippen LogP contribution in [-0.4, -0.2) is 22.5 Å². The Morgan fingerprint density at radius 2 is 1.59 bits per heavy atom. The van der Waals surface area contributed by atoms with Crippen molar-refractivity contribution in [3.05, 3.63) is 71.8 Å². The zero-order valence-electron chi connectivity index (χ0n) is 18.7. The van der Waals surface area contributed by atoms with Gasteiger partial charge in [-0.05, 0) is 45.2 Å². The lowest BCUT2D eigenvalue weighted by Crippen LogP contribution is -2.39. The van der Waals surface area contributed by atoms with Crippen LogP contribution in [0.1, 0.15) is 77.5 Å². The van der Waals surface area contributed by atoms with Gasteiger partial charge in [0.1, 0.15) is 5.60 Å². The van der Waals surface area contributed by atoms with Gasteiger partial charge in [0.25, 0.3) is 0 Å². The normalized spacial score (nSPS) is 13.9. The number of carbonyl (C=O) groups excluding carboxylic acids is 1. The Morgan fingerprint density at radius 3 is 2.14 bits per heavy atom.